The number of hydrogen-bond donors (Lipinski definition) is 1. The third-order valence-corrected chi connectivity index (χ3v) is 6.86. The first-order valence-electron chi connectivity index (χ1n) is 11.3. The number of nitrogens with one attached hydrogen (secondary N) is 1. The van der Waals surface area contributed by atoms with Gasteiger partial charge in [-0.15, -0.1) is 11.3 Å². The minimum Gasteiger partial charge on any atom is -0.487 e. The number of aromatic nitrogens is 1. The number of thiazole rings is 1. The van der Waals surface area contributed by atoms with Crippen molar-refractivity contribution in [1.82, 2.24) is 9.88 Å². The first-order chi connectivity index (χ1) is 15.6. The smallest absolute Gasteiger partial charge is 0.255 e. The van der Waals surface area contributed by atoms with Crippen LogP contribution in [0, 0.1) is 6.92 Å². The van der Waals surface area contributed by atoms with Gasteiger partial charge in [-0.25, -0.2) is 4.98 Å². The average molecular weight is 450 g/mol. The summed E-state index contributed by atoms with van der Waals surface area (Å²) in [6.45, 7) is 3.20. The lowest BCUT2D eigenvalue weighted by atomic mass is 9.94. The zero-order valence-corrected chi connectivity index (χ0v) is 19.7. The second-order valence-electron chi connectivity index (χ2n) is 8.49. The number of para-hydroxylation sites is 1. The quantitative estimate of drug-likeness (QED) is 0.455. The summed E-state index contributed by atoms with van der Waals surface area (Å²) >= 11 is 1.60. The van der Waals surface area contributed by atoms with E-state index in [0.717, 1.165) is 28.5 Å². The van der Waals surface area contributed by atoms with Gasteiger partial charge in [0, 0.05) is 29.2 Å². The van der Waals surface area contributed by atoms with Gasteiger partial charge in [-0.1, -0.05) is 43.5 Å². The highest BCUT2D eigenvalue weighted by Gasteiger charge is 2.19. The van der Waals surface area contributed by atoms with Gasteiger partial charge in [0.05, 0.1) is 10.7 Å². The minimum atomic E-state index is -0.132. The molecule has 0 aliphatic heterocycles. The monoisotopic (exact) mass is 449 g/mol. The summed E-state index contributed by atoms with van der Waals surface area (Å²) in [6.07, 6.45) is 6.50. The maximum atomic E-state index is 13.0. The lowest BCUT2D eigenvalue weighted by molar-refractivity contribution is 0.102. The number of carbonyl (C=O) groups excluding carboxylic acids is 1. The molecule has 0 bridgehead atoms. The third-order valence-electron chi connectivity index (χ3n) is 6.03. The second-order valence-corrected chi connectivity index (χ2v) is 9.55. The van der Waals surface area contributed by atoms with Crippen molar-refractivity contribution in [1.29, 1.82) is 0 Å². The molecule has 0 unspecified atom stereocenters. The van der Waals surface area contributed by atoms with Crippen molar-refractivity contribution in [2.75, 3.05) is 12.4 Å². The van der Waals surface area contributed by atoms with Crippen LogP contribution in [0.4, 0.5) is 5.69 Å². The van der Waals surface area contributed by atoms with Crippen LogP contribution in [0.3, 0.4) is 0 Å². The highest BCUT2D eigenvalue weighted by molar-refractivity contribution is 7.09. The van der Waals surface area contributed by atoms with Crippen LogP contribution < -0.4 is 10.1 Å². The molecule has 1 amide bonds. The van der Waals surface area contributed by atoms with E-state index in [9.17, 15) is 4.79 Å². The molecule has 0 saturated heterocycles. The van der Waals surface area contributed by atoms with Gasteiger partial charge >= 0.3 is 0 Å². The molecule has 32 heavy (non-hydrogen) atoms. The van der Waals surface area contributed by atoms with Gasteiger partial charge in [0.25, 0.3) is 5.91 Å². The number of aryl methyl sites for hydroxylation is 1. The average Bonchev–Trinajstić information content (AvgIpc) is 3.25. The van der Waals surface area contributed by atoms with Crippen molar-refractivity contribution >= 4 is 22.9 Å². The molecule has 1 N–H and O–H groups in total. The van der Waals surface area contributed by atoms with Gasteiger partial charge in [0.15, 0.2) is 0 Å². The maximum Gasteiger partial charge on any atom is 0.255 e. The summed E-state index contributed by atoms with van der Waals surface area (Å²) in [5.41, 5.74) is 3.48. The topological polar surface area (TPSA) is 54.5 Å². The molecule has 1 aromatic heterocycles. The lowest BCUT2D eigenvalue weighted by Crippen LogP contribution is -2.33. The molecular formula is C26H31N3O2S. The van der Waals surface area contributed by atoms with Gasteiger partial charge in [0.1, 0.15) is 12.4 Å². The fraction of sp³-hybridized carbons (Fsp3) is 0.385. The molecule has 0 atom stereocenters. The van der Waals surface area contributed by atoms with E-state index in [2.05, 4.69) is 28.3 Å². The van der Waals surface area contributed by atoms with Crippen LogP contribution in [0.5, 0.6) is 5.75 Å². The van der Waals surface area contributed by atoms with Crippen molar-refractivity contribution in [3.63, 3.8) is 0 Å². The number of ether oxygens (including phenoxy) is 1. The van der Waals surface area contributed by atoms with E-state index in [1.165, 1.54) is 32.1 Å². The van der Waals surface area contributed by atoms with E-state index in [1.807, 2.05) is 48.7 Å². The zero-order chi connectivity index (χ0) is 22.3. The number of anilines is 1. The Morgan fingerprint density at radius 1 is 1.16 bits per heavy atom. The van der Waals surface area contributed by atoms with Gasteiger partial charge in [-0.2, -0.15) is 0 Å². The molecule has 4 rings (SSSR count). The molecule has 1 aliphatic rings. The summed E-state index contributed by atoms with van der Waals surface area (Å²) in [7, 11) is 2.19. The molecule has 1 saturated carbocycles. The Bertz CT molecular complexity index is 1040. The fourth-order valence-corrected chi connectivity index (χ4v) is 4.85. The summed E-state index contributed by atoms with van der Waals surface area (Å²) in [6, 6.07) is 16.0. The molecule has 0 spiro atoms. The predicted octanol–water partition coefficient (Wildman–Crippen LogP) is 6.05. The van der Waals surface area contributed by atoms with Gasteiger partial charge in [0.2, 0.25) is 0 Å². The molecule has 168 valence electrons. The van der Waals surface area contributed by atoms with E-state index in [1.54, 1.807) is 17.4 Å². The number of nitrogens with zero attached hydrogens (tertiary/aromatic N) is 2. The Hall–Kier alpha value is -2.70. The fourth-order valence-electron chi connectivity index (χ4n) is 4.25. The highest BCUT2D eigenvalue weighted by atomic mass is 32.1. The van der Waals surface area contributed by atoms with Crippen LogP contribution in [-0.2, 0) is 13.2 Å². The van der Waals surface area contributed by atoms with Crippen LogP contribution >= 0.6 is 11.3 Å². The van der Waals surface area contributed by atoms with Crippen LogP contribution in [0.2, 0.25) is 0 Å². The molecule has 2 aromatic carbocycles. The Balaban J connectivity index is 1.40. The first kappa shape index (κ1) is 22.5. The zero-order valence-electron chi connectivity index (χ0n) is 18.8. The molecule has 5 nitrogen and oxygen atoms in total. The summed E-state index contributed by atoms with van der Waals surface area (Å²) in [5, 5.41) is 6.12. The SMILES string of the molecule is Cc1nc(COc2cccc(C(=O)Nc3ccccc3CN(C)C3CCCCC3)c2)cs1. The van der Waals surface area contributed by atoms with Gasteiger partial charge < -0.3 is 10.1 Å². The first-order valence-corrected chi connectivity index (χ1v) is 12.2. The summed E-state index contributed by atoms with van der Waals surface area (Å²) < 4.78 is 5.85. The Morgan fingerprint density at radius 2 is 1.97 bits per heavy atom. The Kier molecular flexibility index (Phi) is 7.55. The largest absolute Gasteiger partial charge is 0.487 e. The predicted molar refractivity (Wildman–Crippen MR) is 130 cm³/mol. The molecule has 3 aromatic rings. The molecule has 0 radical (unpaired) electrons. The van der Waals surface area contributed by atoms with Gasteiger partial charge in [-0.05, 0) is 56.6 Å². The van der Waals surface area contributed by atoms with E-state index in [4.69, 9.17) is 4.74 Å². The van der Waals surface area contributed by atoms with Crippen molar-refractivity contribution < 1.29 is 9.53 Å². The van der Waals surface area contributed by atoms with Crippen LogP contribution in [-0.4, -0.2) is 28.9 Å². The molecule has 6 heteroatoms. The number of hydrogen-bond acceptors (Lipinski definition) is 5. The normalized spacial score (nSPS) is 14.5. The number of benzene rings is 2. The van der Waals surface area contributed by atoms with E-state index in [0.29, 0.717) is 24.0 Å². The van der Waals surface area contributed by atoms with E-state index < -0.39 is 0 Å². The van der Waals surface area contributed by atoms with Crippen molar-refractivity contribution in [3.8, 4) is 5.75 Å². The number of rotatable bonds is 8. The van der Waals surface area contributed by atoms with E-state index in [-0.39, 0.29) is 5.91 Å². The van der Waals surface area contributed by atoms with Crippen LogP contribution in [0.15, 0.2) is 53.9 Å². The van der Waals surface area contributed by atoms with Gasteiger partial charge in [-0.3, -0.25) is 9.69 Å². The summed E-state index contributed by atoms with van der Waals surface area (Å²) in [4.78, 5) is 19.8. The lowest BCUT2D eigenvalue weighted by Gasteiger charge is -2.31. The molecule has 1 fully saturated rings. The molecule has 1 heterocycles. The molecule has 1 aliphatic carbocycles. The third kappa shape index (κ3) is 5.96. The van der Waals surface area contributed by atoms with Crippen molar-refractivity contribution in [3.05, 3.63) is 75.7 Å². The highest BCUT2D eigenvalue weighted by Crippen LogP contribution is 2.25. The second kappa shape index (κ2) is 10.7. The Morgan fingerprint density at radius 3 is 2.75 bits per heavy atom. The minimum absolute atomic E-state index is 0.132. The number of carbonyl (C=O) groups is 1. The summed E-state index contributed by atoms with van der Waals surface area (Å²) in [5.74, 6) is 0.529. The number of amides is 1. The van der Waals surface area contributed by atoms with Crippen LogP contribution in [0.25, 0.3) is 0 Å². The molecular weight excluding hydrogens is 418 g/mol. The van der Waals surface area contributed by atoms with Crippen molar-refractivity contribution in [2.24, 2.45) is 0 Å². The van der Waals surface area contributed by atoms with Crippen molar-refractivity contribution in [2.45, 2.75) is 58.2 Å². The van der Waals surface area contributed by atoms with E-state index >= 15 is 0 Å². The standard InChI is InChI=1S/C26H31N3O2S/c1-19-27-22(18-32-19)17-31-24-13-8-10-20(15-24)26(30)28-25-14-7-6-9-21(25)16-29(2)23-11-4-3-5-12-23/h6-10,13-15,18,23H,3-5,11-12,16-17H2,1-2H3,(H,28,30). The van der Waals surface area contributed by atoms with Crippen LogP contribution in [0.1, 0.15) is 58.7 Å². The maximum absolute atomic E-state index is 13.0. The Labute approximate surface area is 194 Å².